The molecule has 0 saturated carbocycles. The number of ketones is 1. The molecule has 4 nitrogen and oxygen atoms in total. The number of unbranched alkanes of at least 4 members (excludes halogenated alkanes) is 1. The van der Waals surface area contributed by atoms with Gasteiger partial charge in [-0.2, -0.15) is 0 Å². The SMILES string of the molecule is CCCCC(=O)CC1c2cc(OC)c(OC)cc2CCN1c1ccccc1. The van der Waals surface area contributed by atoms with Gasteiger partial charge in [0.1, 0.15) is 5.78 Å². The first-order valence-corrected chi connectivity index (χ1v) is 9.76. The van der Waals surface area contributed by atoms with E-state index in [0.29, 0.717) is 18.6 Å². The summed E-state index contributed by atoms with van der Waals surface area (Å²) in [5, 5.41) is 0. The number of benzene rings is 2. The Kier molecular flexibility index (Phi) is 6.38. The van der Waals surface area contributed by atoms with Crippen LogP contribution >= 0.6 is 0 Å². The molecule has 0 amide bonds. The molecule has 1 aliphatic heterocycles. The molecule has 1 aliphatic rings. The van der Waals surface area contributed by atoms with Crippen LogP contribution in [0.4, 0.5) is 5.69 Å². The number of carbonyl (C=O) groups is 1. The Balaban J connectivity index is 1.99. The van der Waals surface area contributed by atoms with Gasteiger partial charge in [0, 0.05) is 25.1 Å². The highest BCUT2D eigenvalue weighted by molar-refractivity contribution is 5.80. The number of nitrogens with zero attached hydrogens (tertiary/aromatic N) is 1. The Morgan fingerprint density at radius 1 is 1.11 bits per heavy atom. The number of rotatable bonds is 8. The number of para-hydroxylation sites is 1. The van der Waals surface area contributed by atoms with Gasteiger partial charge in [-0.3, -0.25) is 4.79 Å². The molecular weight excluding hydrogens is 338 g/mol. The molecule has 0 bridgehead atoms. The lowest BCUT2D eigenvalue weighted by Crippen LogP contribution is -2.36. The molecule has 3 rings (SSSR count). The second kappa shape index (κ2) is 8.94. The zero-order valence-corrected chi connectivity index (χ0v) is 16.5. The maximum atomic E-state index is 12.7. The van der Waals surface area contributed by atoms with Crippen molar-refractivity contribution in [3.05, 3.63) is 53.6 Å². The van der Waals surface area contributed by atoms with Crippen LogP contribution in [0.1, 0.15) is 49.8 Å². The molecule has 0 radical (unpaired) electrons. The topological polar surface area (TPSA) is 38.8 Å². The molecule has 2 aromatic carbocycles. The first-order chi connectivity index (χ1) is 13.2. The third-order valence-electron chi connectivity index (χ3n) is 5.32. The lowest BCUT2D eigenvalue weighted by molar-refractivity contribution is -0.119. The fourth-order valence-corrected chi connectivity index (χ4v) is 3.87. The van der Waals surface area contributed by atoms with Crippen LogP contribution in [0, 0.1) is 0 Å². The van der Waals surface area contributed by atoms with Crippen molar-refractivity contribution in [2.24, 2.45) is 0 Å². The van der Waals surface area contributed by atoms with E-state index in [1.807, 2.05) is 6.07 Å². The van der Waals surface area contributed by atoms with E-state index in [4.69, 9.17) is 9.47 Å². The van der Waals surface area contributed by atoms with Gasteiger partial charge in [0.05, 0.1) is 20.3 Å². The van der Waals surface area contributed by atoms with Crippen LogP contribution < -0.4 is 14.4 Å². The van der Waals surface area contributed by atoms with Gasteiger partial charge < -0.3 is 14.4 Å². The van der Waals surface area contributed by atoms with Gasteiger partial charge in [-0.05, 0) is 48.2 Å². The van der Waals surface area contributed by atoms with Crippen molar-refractivity contribution in [2.75, 3.05) is 25.7 Å². The Morgan fingerprint density at radius 3 is 2.48 bits per heavy atom. The highest BCUT2D eigenvalue weighted by Gasteiger charge is 2.30. The first kappa shape index (κ1) is 19.3. The summed E-state index contributed by atoms with van der Waals surface area (Å²) >= 11 is 0. The second-order valence-corrected chi connectivity index (χ2v) is 7.05. The van der Waals surface area contributed by atoms with Crippen molar-refractivity contribution in [3.63, 3.8) is 0 Å². The molecule has 0 saturated heterocycles. The molecule has 0 aromatic heterocycles. The van der Waals surface area contributed by atoms with Crippen molar-refractivity contribution in [2.45, 2.75) is 45.1 Å². The molecule has 4 heteroatoms. The van der Waals surface area contributed by atoms with Gasteiger partial charge in [-0.15, -0.1) is 0 Å². The van der Waals surface area contributed by atoms with E-state index in [-0.39, 0.29) is 6.04 Å². The number of fused-ring (bicyclic) bond motifs is 1. The van der Waals surface area contributed by atoms with Crippen LogP contribution in [0.15, 0.2) is 42.5 Å². The van der Waals surface area contributed by atoms with Crippen molar-refractivity contribution in [1.29, 1.82) is 0 Å². The summed E-state index contributed by atoms with van der Waals surface area (Å²) in [6.07, 6.45) is 4.09. The van der Waals surface area contributed by atoms with Gasteiger partial charge in [0.15, 0.2) is 11.5 Å². The molecule has 1 atom stereocenters. The smallest absolute Gasteiger partial charge is 0.161 e. The van der Waals surface area contributed by atoms with Crippen molar-refractivity contribution >= 4 is 11.5 Å². The minimum absolute atomic E-state index is 0.0281. The Morgan fingerprint density at radius 2 is 1.81 bits per heavy atom. The van der Waals surface area contributed by atoms with Gasteiger partial charge in [0.2, 0.25) is 0 Å². The predicted octanol–water partition coefficient (Wildman–Crippen LogP) is 4.96. The largest absolute Gasteiger partial charge is 0.493 e. The maximum Gasteiger partial charge on any atom is 0.161 e. The van der Waals surface area contributed by atoms with Crippen LogP contribution in [0.25, 0.3) is 0 Å². The van der Waals surface area contributed by atoms with Crippen molar-refractivity contribution < 1.29 is 14.3 Å². The molecule has 0 N–H and O–H groups in total. The van der Waals surface area contributed by atoms with Crippen LogP contribution in [0.2, 0.25) is 0 Å². The minimum atomic E-state index is 0.0281. The lowest BCUT2D eigenvalue weighted by atomic mass is 9.88. The average molecular weight is 367 g/mol. The van der Waals surface area contributed by atoms with Crippen LogP contribution in [0.3, 0.4) is 0 Å². The van der Waals surface area contributed by atoms with Crippen LogP contribution in [0.5, 0.6) is 11.5 Å². The fraction of sp³-hybridized carbons (Fsp3) is 0.435. The molecule has 2 aromatic rings. The zero-order chi connectivity index (χ0) is 19.2. The number of ether oxygens (including phenoxy) is 2. The Hall–Kier alpha value is -2.49. The molecule has 144 valence electrons. The quantitative estimate of drug-likeness (QED) is 0.661. The fourth-order valence-electron chi connectivity index (χ4n) is 3.87. The molecule has 0 aliphatic carbocycles. The predicted molar refractivity (Wildman–Crippen MR) is 109 cm³/mol. The van der Waals surface area contributed by atoms with Gasteiger partial charge >= 0.3 is 0 Å². The molecule has 27 heavy (non-hydrogen) atoms. The monoisotopic (exact) mass is 367 g/mol. The average Bonchev–Trinajstić information content (AvgIpc) is 2.72. The van der Waals surface area contributed by atoms with Gasteiger partial charge in [0.25, 0.3) is 0 Å². The second-order valence-electron chi connectivity index (χ2n) is 7.05. The number of hydrogen-bond donors (Lipinski definition) is 0. The van der Waals surface area contributed by atoms with E-state index in [2.05, 4.69) is 48.2 Å². The summed E-state index contributed by atoms with van der Waals surface area (Å²) in [5.41, 5.74) is 3.58. The summed E-state index contributed by atoms with van der Waals surface area (Å²) in [6, 6.07) is 14.5. The summed E-state index contributed by atoms with van der Waals surface area (Å²) in [6.45, 7) is 3.01. The van der Waals surface area contributed by atoms with Gasteiger partial charge in [-0.25, -0.2) is 0 Å². The van der Waals surface area contributed by atoms with E-state index >= 15 is 0 Å². The number of hydrogen-bond acceptors (Lipinski definition) is 4. The minimum Gasteiger partial charge on any atom is -0.493 e. The lowest BCUT2D eigenvalue weighted by Gasteiger charge is -2.39. The highest BCUT2D eigenvalue weighted by atomic mass is 16.5. The standard InChI is InChI=1S/C23H29NO3/c1-4-5-11-19(25)15-21-20-16-23(27-3)22(26-2)14-17(20)12-13-24(21)18-9-7-6-8-10-18/h6-10,14,16,21H,4-5,11-13,15H2,1-3H3. The Bertz CT molecular complexity index is 773. The zero-order valence-electron chi connectivity index (χ0n) is 16.5. The van der Waals surface area contributed by atoms with Crippen molar-refractivity contribution in [1.82, 2.24) is 0 Å². The normalized spacial score (nSPS) is 16.0. The number of methoxy groups -OCH3 is 2. The third kappa shape index (κ3) is 4.26. The molecular formula is C23H29NO3. The first-order valence-electron chi connectivity index (χ1n) is 9.76. The van der Waals surface area contributed by atoms with Crippen LogP contribution in [-0.4, -0.2) is 26.5 Å². The summed E-state index contributed by atoms with van der Waals surface area (Å²) in [7, 11) is 3.32. The van der Waals surface area contributed by atoms with Crippen LogP contribution in [-0.2, 0) is 11.2 Å². The molecule has 1 unspecified atom stereocenters. The van der Waals surface area contributed by atoms with E-state index in [1.54, 1.807) is 14.2 Å². The summed E-state index contributed by atoms with van der Waals surface area (Å²) in [5.74, 6) is 1.79. The highest BCUT2D eigenvalue weighted by Crippen LogP contribution is 2.41. The van der Waals surface area contributed by atoms with Crippen molar-refractivity contribution in [3.8, 4) is 11.5 Å². The number of Topliss-reactive ketones (excluding diaryl/α,β-unsaturated/α-hetero) is 1. The molecule has 0 fully saturated rings. The third-order valence-corrected chi connectivity index (χ3v) is 5.32. The molecule has 1 heterocycles. The number of anilines is 1. The molecule has 0 spiro atoms. The maximum absolute atomic E-state index is 12.7. The summed E-state index contributed by atoms with van der Waals surface area (Å²) < 4.78 is 11.0. The summed E-state index contributed by atoms with van der Waals surface area (Å²) in [4.78, 5) is 15.0. The van der Waals surface area contributed by atoms with E-state index < -0.39 is 0 Å². The van der Waals surface area contributed by atoms with E-state index in [9.17, 15) is 4.79 Å². The van der Waals surface area contributed by atoms with E-state index in [1.165, 1.54) is 11.1 Å². The Labute approximate surface area is 162 Å². The van der Waals surface area contributed by atoms with Gasteiger partial charge in [-0.1, -0.05) is 31.5 Å². The number of carbonyl (C=O) groups excluding carboxylic acids is 1. The van der Waals surface area contributed by atoms with E-state index in [0.717, 1.165) is 43.0 Å².